The molecule has 0 aliphatic rings. The van der Waals surface area contributed by atoms with E-state index < -0.39 is 0 Å². The Morgan fingerprint density at radius 1 is 1.24 bits per heavy atom. The zero-order chi connectivity index (χ0) is 12.9. The molecule has 0 bridgehead atoms. The van der Waals surface area contributed by atoms with Gasteiger partial charge < -0.3 is 10.4 Å². The third-order valence-electron chi connectivity index (χ3n) is 2.76. The number of rotatable bonds is 6. The third kappa shape index (κ3) is 4.84. The Morgan fingerprint density at radius 2 is 1.82 bits per heavy atom. The van der Waals surface area contributed by atoms with Gasteiger partial charge in [-0.05, 0) is 24.0 Å². The van der Waals surface area contributed by atoms with Crippen LogP contribution in [0, 0.1) is 5.41 Å². The first-order valence-electron chi connectivity index (χ1n) is 5.71. The average molecular weight is 276 g/mol. The molecule has 4 heteroatoms. The molecular formula is C13H19Cl2NO. The summed E-state index contributed by atoms with van der Waals surface area (Å²) in [4.78, 5) is 0. The van der Waals surface area contributed by atoms with Crippen LogP contribution in [0.15, 0.2) is 18.2 Å². The van der Waals surface area contributed by atoms with E-state index in [9.17, 15) is 0 Å². The van der Waals surface area contributed by atoms with E-state index in [1.165, 1.54) is 0 Å². The summed E-state index contributed by atoms with van der Waals surface area (Å²) in [7, 11) is 0. The van der Waals surface area contributed by atoms with Crippen molar-refractivity contribution in [2.24, 2.45) is 5.41 Å². The predicted molar refractivity (Wildman–Crippen MR) is 73.7 cm³/mol. The fourth-order valence-corrected chi connectivity index (χ4v) is 2.15. The van der Waals surface area contributed by atoms with E-state index in [2.05, 4.69) is 19.2 Å². The summed E-state index contributed by atoms with van der Waals surface area (Å²) in [6.45, 7) is 5.90. The lowest BCUT2D eigenvalue weighted by molar-refractivity contribution is 0.207. The molecule has 0 spiro atoms. The molecule has 0 atom stereocenters. The lowest BCUT2D eigenvalue weighted by atomic mass is 9.90. The van der Waals surface area contributed by atoms with Gasteiger partial charge in [0, 0.05) is 35.3 Å². The van der Waals surface area contributed by atoms with Crippen molar-refractivity contribution in [2.45, 2.75) is 26.8 Å². The van der Waals surface area contributed by atoms with Crippen molar-refractivity contribution in [3.63, 3.8) is 0 Å². The van der Waals surface area contributed by atoms with Crippen molar-refractivity contribution < 1.29 is 5.11 Å². The SMILES string of the molecule is CC(C)(CCO)CNCc1c(Cl)cccc1Cl. The lowest BCUT2D eigenvalue weighted by Crippen LogP contribution is -2.30. The average Bonchev–Trinajstić information content (AvgIpc) is 2.22. The molecular weight excluding hydrogens is 257 g/mol. The van der Waals surface area contributed by atoms with Crippen molar-refractivity contribution in [3.8, 4) is 0 Å². The summed E-state index contributed by atoms with van der Waals surface area (Å²) in [5, 5.41) is 13.6. The number of hydrogen-bond acceptors (Lipinski definition) is 2. The summed E-state index contributed by atoms with van der Waals surface area (Å²) < 4.78 is 0. The summed E-state index contributed by atoms with van der Waals surface area (Å²) >= 11 is 12.2. The molecule has 0 unspecified atom stereocenters. The largest absolute Gasteiger partial charge is 0.396 e. The molecule has 0 aliphatic carbocycles. The van der Waals surface area contributed by atoms with Gasteiger partial charge in [0.25, 0.3) is 0 Å². The van der Waals surface area contributed by atoms with Crippen LogP contribution < -0.4 is 5.32 Å². The van der Waals surface area contributed by atoms with Crippen molar-refractivity contribution in [1.82, 2.24) is 5.32 Å². The summed E-state index contributed by atoms with van der Waals surface area (Å²) in [5.74, 6) is 0. The van der Waals surface area contributed by atoms with Crippen LogP contribution in [0.2, 0.25) is 10.0 Å². The Hall–Kier alpha value is -0.280. The van der Waals surface area contributed by atoms with Gasteiger partial charge in [-0.25, -0.2) is 0 Å². The van der Waals surface area contributed by atoms with Crippen LogP contribution in [0.5, 0.6) is 0 Å². The van der Waals surface area contributed by atoms with E-state index in [4.69, 9.17) is 28.3 Å². The van der Waals surface area contributed by atoms with E-state index in [0.29, 0.717) is 16.6 Å². The first kappa shape index (κ1) is 14.8. The maximum Gasteiger partial charge on any atom is 0.0465 e. The van der Waals surface area contributed by atoms with Crippen LogP contribution in [-0.4, -0.2) is 18.3 Å². The monoisotopic (exact) mass is 275 g/mol. The minimum atomic E-state index is 0.0719. The zero-order valence-electron chi connectivity index (χ0n) is 10.3. The number of aliphatic hydroxyl groups excluding tert-OH is 1. The molecule has 1 aromatic carbocycles. The second-order valence-corrected chi connectivity index (χ2v) is 5.76. The first-order chi connectivity index (χ1) is 7.96. The first-order valence-corrected chi connectivity index (χ1v) is 6.46. The van der Waals surface area contributed by atoms with Gasteiger partial charge >= 0.3 is 0 Å². The predicted octanol–water partition coefficient (Wildman–Crippen LogP) is 3.49. The van der Waals surface area contributed by atoms with E-state index in [1.54, 1.807) is 0 Å². The van der Waals surface area contributed by atoms with Gasteiger partial charge in [0.05, 0.1) is 0 Å². The number of aliphatic hydroxyl groups is 1. The Balaban J connectivity index is 2.51. The van der Waals surface area contributed by atoms with Crippen LogP contribution in [0.3, 0.4) is 0 Å². The fraction of sp³-hybridized carbons (Fsp3) is 0.538. The molecule has 0 heterocycles. The van der Waals surface area contributed by atoms with Crippen molar-refractivity contribution in [1.29, 1.82) is 0 Å². The normalized spacial score (nSPS) is 11.8. The molecule has 0 amide bonds. The molecule has 96 valence electrons. The van der Waals surface area contributed by atoms with Gasteiger partial charge in [-0.2, -0.15) is 0 Å². The van der Waals surface area contributed by atoms with E-state index in [-0.39, 0.29) is 12.0 Å². The summed E-state index contributed by atoms with van der Waals surface area (Å²) in [5.41, 5.74) is 0.998. The maximum absolute atomic E-state index is 8.94. The van der Waals surface area contributed by atoms with E-state index >= 15 is 0 Å². The van der Waals surface area contributed by atoms with E-state index in [1.807, 2.05) is 18.2 Å². The highest BCUT2D eigenvalue weighted by molar-refractivity contribution is 6.35. The van der Waals surface area contributed by atoms with Gasteiger partial charge in [0.1, 0.15) is 0 Å². The highest BCUT2D eigenvalue weighted by Crippen LogP contribution is 2.24. The smallest absolute Gasteiger partial charge is 0.0465 e. The van der Waals surface area contributed by atoms with Gasteiger partial charge in [-0.15, -0.1) is 0 Å². The fourth-order valence-electron chi connectivity index (χ4n) is 1.62. The van der Waals surface area contributed by atoms with Crippen LogP contribution in [0.25, 0.3) is 0 Å². The number of benzene rings is 1. The van der Waals surface area contributed by atoms with Gasteiger partial charge in [0.2, 0.25) is 0 Å². The lowest BCUT2D eigenvalue weighted by Gasteiger charge is -2.24. The molecule has 2 N–H and O–H groups in total. The highest BCUT2D eigenvalue weighted by Gasteiger charge is 2.16. The molecule has 0 saturated heterocycles. The van der Waals surface area contributed by atoms with Crippen LogP contribution in [0.1, 0.15) is 25.8 Å². The number of nitrogens with one attached hydrogen (secondary N) is 1. The molecule has 17 heavy (non-hydrogen) atoms. The molecule has 0 radical (unpaired) electrons. The highest BCUT2D eigenvalue weighted by atomic mass is 35.5. The molecule has 1 rings (SSSR count). The molecule has 0 aromatic heterocycles. The molecule has 0 saturated carbocycles. The van der Waals surface area contributed by atoms with Gasteiger partial charge in [0.15, 0.2) is 0 Å². The Bertz CT molecular complexity index is 346. The second-order valence-electron chi connectivity index (χ2n) is 4.94. The summed E-state index contributed by atoms with van der Waals surface area (Å²) in [6.07, 6.45) is 0.774. The van der Waals surface area contributed by atoms with Crippen LogP contribution in [-0.2, 0) is 6.54 Å². The number of halogens is 2. The minimum absolute atomic E-state index is 0.0719. The van der Waals surface area contributed by atoms with Crippen molar-refractivity contribution >= 4 is 23.2 Å². The maximum atomic E-state index is 8.94. The van der Waals surface area contributed by atoms with Crippen molar-refractivity contribution in [3.05, 3.63) is 33.8 Å². The van der Waals surface area contributed by atoms with Crippen LogP contribution >= 0.6 is 23.2 Å². The molecule has 0 aliphatic heterocycles. The van der Waals surface area contributed by atoms with Gasteiger partial charge in [-0.3, -0.25) is 0 Å². The topological polar surface area (TPSA) is 32.3 Å². The molecule has 2 nitrogen and oxygen atoms in total. The zero-order valence-corrected chi connectivity index (χ0v) is 11.8. The Labute approximate surface area is 113 Å². The quantitative estimate of drug-likeness (QED) is 0.833. The van der Waals surface area contributed by atoms with Gasteiger partial charge in [-0.1, -0.05) is 43.1 Å². The summed E-state index contributed by atoms with van der Waals surface area (Å²) in [6, 6.07) is 5.51. The number of hydrogen-bond donors (Lipinski definition) is 2. The minimum Gasteiger partial charge on any atom is -0.396 e. The molecule has 1 aromatic rings. The second kappa shape index (κ2) is 6.60. The Morgan fingerprint density at radius 3 is 2.35 bits per heavy atom. The third-order valence-corrected chi connectivity index (χ3v) is 3.46. The standard InChI is InChI=1S/C13H19Cl2NO/c1-13(2,6-7-17)9-16-8-10-11(14)4-3-5-12(10)15/h3-5,16-17H,6-9H2,1-2H3. The molecule has 0 fully saturated rings. The Kier molecular flexibility index (Phi) is 5.74. The van der Waals surface area contributed by atoms with E-state index in [0.717, 1.165) is 18.5 Å². The van der Waals surface area contributed by atoms with Crippen molar-refractivity contribution in [2.75, 3.05) is 13.2 Å². The van der Waals surface area contributed by atoms with Crippen LogP contribution in [0.4, 0.5) is 0 Å².